The Bertz CT molecular complexity index is 11.7. The molecule has 0 aliphatic rings. The van der Waals surface area contributed by atoms with Gasteiger partial charge in [0.05, 0.1) is 0 Å². The average molecular weight is 254 g/mol. The van der Waals surface area contributed by atoms with Crippen molar-refractivity contribution in [2.24, 2.45) is 0 Å². The second kappa shape index (κ2) is 85.1. The molecule has 0 fully saturated rings. The molecule has 0 atom stereocenters. The van der Waals surface area contributed by atoms with Gasteiger partial charge in [0.15, 0.2) is 0 Å². The van der Waals surface area contributed by atoms with Gasteiger partial charge in [-0.15, -0.1) is 0 Å². The van der Waals surface area contributed by atoms with Gasteiger partial charge in [-0.3, -0.25) is 0 Å². The van der Waals surface area contributed by atoms with Crippen LogP contribution in [-0.2, 0) is 0 Å². The van der Waals surface area contributed by atoms with Crippen LogP contribution >= 0.6 is 0 Å². The van der Waals surface area contributed by atoms with Crippen molar-refractivity contribution in [2.45, 2.75) is 0 Å². The van der Waals surface area contributed by atoms with Gasteiger partial charge in [-0.05, 0) is 0 Å². The van der Waals surface area contributed by atoms with Crippen LogP contribution in [0.15, 0.2) is 0 Å². The van der Waals surface area contributed by atoms with E-state index in [0.717, 1.165) is 0 Å². The van der Waals surface area contributed by atoms with Crippen molar-refractivity contribution in [3.63, 3.8) is 0 Å². The van der Waals surface area contributed by atoms with Crippen molar-refractivity contribution >= 4 is 17.4 Å². The molecule has 0 aromatic rings. The summed E-state index contributed by atoms with van der Waals surface area (Å²) < 4.78 is 0. The van der Waals surface area contributed by atoms with Crippen molar-refractivity contribution < 1.29 is 93.2 Å². The van der Waals surface area contributed by atoms with Crippen LogP contribution in [0.5, 0.6) is 0 Å². The minimum absolute atomic E-state index is 0. The van der Waals surface area contributed by atoms with Gasteiger partial charge in [0.2, 0.25) is 0 Å². The van der Waals surface area contributed by atoms with Gasteiger partial charge < -0.3 is 24.3 Å². The summed E-state index contributed by atoms with van der Waals surface area (Å²) in [6, 6.07) is 0. The molecule has 0 rings (SSSR count). The number of halogens is 4. The zero-order valence-corrected chi connectivity index (χ0v) is 11.0. The van der Waals surface area contributed by atoms with E-state index in [1.165, 1.54) is 0 Å². The van der Waals surface area contributed by atoms with E-state index in [2.05, 4.69) is 0 Å². The minimum Gasteiger partial charge on any atom is -1.00 e. The Balaban J connectivity index is 0. The molecule has 2 N–H and O–H groups in total. The second-order valence-electron chi connectivity index (χ2n) is 0. The molecule has 0 aromatic heterocycles. The van der Waals surface area contributed by atoms with Gasteiger partial charge in [-0.2, -0.15) is 0 Å². The Morgan fingerprint density at radius 1 is 0.571 bits per heavy atom. The van der Waals surface area contributed by atoms with Crippen LogP contribution in [0.1, 0.15) is 0 Å². The van der Waals surface area contributed by atoms with Crippen LogP contribution in [0.2, 0.25) is 0 Å². The molecule has 0 unspecified atom stereocenters. The summed E-state index contributed by atoms with van der Waals surface area (Å²) in [4.78, 5) is 0. The molecule has 1 nitrogen and oxygen atoms in total. The van der Waals surface area contributed by atoms with E-state index in [-0.39, 0.29) is 111 Å². The zero-order valence-electron chi connectivity index (χ0n) is 3.59. The van der Waals surface area contributed by atoms with E-state index < -0.39 is 0 Å². The summed E-state index contributed by atoms with van der Waals surface area (Å²) in [6.45, 7) is 0. The Hall–Kier alpha value is 2.26. The van der Waals surface area contributed by atoms with Crippen molar-refractivity contribution in [1.82, 2.24) is 0 Å². The predicted octanol–water partition coefficient (Wildman–Crippen LogP) is -16.2. The molecule has 0 aliphatic heterocycles. The average Bonchev–Trinajstić information content (AvgIpc) is 0. The maximum atomic E-state index is 0. The van der Waals surface area contributed by atoms with Crippen LogP contribution in [-0.4, -0.2) is 22.8 Å². The molecule has 0 bridgehead atoms. The summed E-state index contributed by atoms with van der Waals surface area (Å²) in [6.07, 6.45) is 0. The van der Waals surface area contributed by atoms with Gasteiger partial charge in [-0.1, -0.05) is 0 Å². The third kappa shape index (κ3) is 63.3. The van der Waals surface area contributed by atoms with E-state index in [1.807, 2.05) is 0 Å². The molecular formula is H2AlCsF4O. The van der Waals surface area contributed by atoms with Crippen molar-refractivity contribution in [1.29, 1.82) is 0 Å². The predicted molar refractivity (Wildman–Crippen MR) is 9.37 cm³/mol. The number of rotatable bonds is 0. The van der Waals surface area contributed by atoms with Crippen LogP contribution < -0.4 is 87.7 Å². The first-order valence-corrected chi connectivity index (χ1v) is 0. The normalized spacial score (nSPS) is 0. The largest absolute Gasteiger partial charge is 3.00 e. The first-order valence-electron chi connectivity index (χ1n) is 0. The number of hydrogen-bond donors (Lipinski definition) is 0. The molecule has 7 heavy (non-hydrogen) atoms. The molecule has 0 spiro atoms. The zero-order chi connectivity index (χ0) is 0. The third-order valence-electron chi connectivity index (χ3n) is 0. The molecule has 0 heterocycles. The summed E-state index contributed by atoms with van der Waals surface area (Å²) in [5, 5.41) is 0. The van der Waals surface area contributed by atoms with Gasteiger partial charge in [0.25, 0.3) is 0 Å². The molecule has 0 aliphatic carbocycles. The van der Waals surface area contributed by atoms with E-state index >= 15 is 0 Å². The van der Waals surface area contributed by atoms with Crippen molar-refractivity contribution in [2.75, 3.05) is 0 Å². The smallest absolute Gasteiger partial charge is 1.00 e. The molecule has 0 saturated carbocycles. The van der Waals surface area contributed by atoms with Gasteiger partial charge >= 0.3 is 86.3 Å². The SMILES string of the molecule is O.[Al+3].[Cs+].[F-].[F-].[F-].[F-]. The van der Waals surface area contributed by atoms with E-state index in [0.29, 0.717) is 0 Å². The van der Waals surface area contributed by atoms with E-state index in [1.54, 1.807) is 0 Å². The van der Waals surface area contributed by atoms with Gasteiger partial charge in [0.1, 0.15) is 0 Å². The topological polar surface area (TPSA) is 31.5 Å². The Morgan fingerprint density at radius 2 is 0.571 bits per heavy atom. The fourth-order valence-electron chi connectivity index (χ4n) is 0. The van der Waals surface area contributed by atoms with Crippen molar-refractivity contribution in [3.8, 4) is 0 Å². The summed E-state index contributed by atoms with van der Waals surface area (Å²) in [7, 11) is 0. The second-order valence-corrected chi connectivity index (χ2v) is 0. The monoisotopic (exact) mass is 254 g/mol. The Kier molecular flexibility index (Phi) is 1500. The summed E-state index contributed by atoms with van der Waals surface area (Å²) in [5.74, 6) is 0. The first kappa shape index (κ1) is 123. The van der Waals surface area contributed by atoms with Crippen LogP contribution in [0, 0.1) is 0 Å². The molecule has 0 amide bonds. The maximum Gasteiger partial charge on any atom is 3.00 e. The van der Waals surface area contributed by atoms with E-state index in [9.17, 15) is 0 Å². The molecule has 0 radical (unpaired) electrons. The van der Waals surface area contributed by atoms with Crippen LogP contribution in [0.25, 0.3) is 0 Å². The Labute approximate surface area is 108 Å². The first-order chi connectivity index (χ1) is 0. The minimum atomic E-state index is 0. The third-order valence-corrected chi connectivity index (χ3v) is 0. The molecular weight excluding hydrogens is 252 g/mol. The van der Waals surface area contributed by atoms with Gasteiger partial charge in [-0.25, -0.2) is 0 Å². The maximum absolute atomic E-state index is 0. The van der Waals surface area contributed by atoms with Crippen LogP contribution in [0.4, 0.5) is 0 Å². The quantitative estimate of drug-likeness (QED) is 0.304. The summed E-state index contributed by atoms with van der Waals surface area (Å²) >= 11 is 0. The molecule has 0 aromatic carbocycles. The van der Waals surface area contributed by atoms with Crippen molar-refractivity contribution in [3.05, 3.63) is 0 Å². The van der Waals surface area contributed by atoms with E-state index in [4.69, 9.17) is 0 Å². The standard InChI is InChI=1S/Al.Cs.4FH.H2O/h;;4*1H;1H2/q+3;+1;;;;;/p-4. The summed E-state index contributed by atoms with van der Waals surface area (Å²) in [5.41, 5.74) is 0. The molecule has 40 valence electrons. The molecule has 0 saturated heterocycles. The van der Waals surface area contributed by atoms with Gasteiger partial charge in [0, 0.05) is 0 Å². The fourth-order valence-corrected chi connectivity index (χ4v) is 0. The molecule has 7 heteroatoms. The Morgan fingerprint density at radius 3 is 0.571 bits per heavy atom. The van der Waals surface area contributed by atoms with Crippen LogP contribution in [0.3, 0.4) is 0 Å². The fraction of sp³-hybridized carbons (Fsp3) is 0. The number of hydrogen-bond acceptors (Lipinski definition) is 0.